The molecule has 0 aliphatic heterocycles. The molecule has 1 amide bonds. The number of ether oxygens (including phenoxy) is 1. The van der Waals surface area contributed by atoms with Gasteiger partial charge in [-0.25, -0.2) is 9.97 Å². The zero-order valence-corrected chi connectivity index (χ0v) is 15.0. The number of aromatic nitrogens is 3. The van der Waals surface area contributed by atoms with Crippen LogP contribution in [0.4, 0.5) is 5.69 Å². The van der Waals surface area contributed by atoms with Crippen LogP contribution in [0.15, 0.2) is 54.9 Å². The maximum absolute atomic E-state index is 12.9. The zero-order chi connectivity index (χ0) is 18.5. The van der Waals surface area contributed by atoms with Gasteiger partial charge < -0.3 is 9.64 Å². The van der Waals surface area contributed by atoms with Gasteiger partial charge in [-0.05, 0) is 57.2 Å². The predicted octanol–water partition coefficient (Wildman–Crippen LogP) is 3.95. The Hall–Kier alpha value is -3.28. The Balaban J connectivity index is 1.85. The van der Waals surface area contributed by atoms with Gasteiger partial charge in [-0.2, -0.15) is 0 Å². The lowest BCUT2D eigenvalue weighted by atomic mass is 10.1. The smallest absolute Gasteiger partial charge is 0.322 e. The Morgan fingerprint density at radius 3 is 2.50 bits per heavy atom. The van der Waals surface area contributed by atoms with E-state index in [0.29, 0.717) is 17.9 Å². The second kappa shape index (κ2) is 7.74. The maximum Gasteiger partial charge on any atom is 0.322 e. The second-order valence-corrected chi connectivity index (χ2v) is 5.82. The fourth-order valence-electron chi connectivity index (χ4n) is 2.65. The fraction of sp³-hybridized carbons (Fsp3) is 0.200. The van der Waals surface area contributed by atoms with E-state index in [0.717, 1.165) is 17.1 Å². The van der Waals surface area contributed by atoms with Gasteiger partial charge in [-0.3, -0.25) is 9.78 Å². The molecule has 2 heterocycles. The number of carbonyl (C=O) groups is 1. The van der Waals surface area contributed by atoms with Crippen LogP contribution in [0.25, 0.3) is 0 Å². The summed E-state index contributed by atoms with van der Waals surface area (Å²) in [6.45, 7) is 6.23. The van der Waals surface area contributed by atoms with Gasteiger partial charge in [0.1, 0.15) is 5.75 Å². The van der Waals surface area contributed by atoms with Gasteiger partial charge in [0, 0.05) is 29.7 Å². The Bertz CT molecular complexity index is 892. The molecule has 0 saturated heterocycles. The van der Waals surface area contributed by atoms with Crippen molar-refractivity contribution in [2.24, 2.45) is 0 Å². The number of aryl methyl sites for hydroxylation is 2. The van der Waals surface area contributed by atoms with Crippen molar-refractivity contribution < 1.29 is 9.53 Å². The first-order valence-electron chi connectivity index (χ1n) is 8.39. The Kier molecular flexibility index (Phi) is 5.22. The van der Waals surface area contributed by atoms with Crippen LogP contribution in [0.1, 0.15) is 28.7 Å². The molecule has 0 spiro atoms. The highest BCUT2D eigenvalue weighted by atomic mass is 16.5. The van der Waals surface area contributed by atoms with Crippen LogP contribution >= 0.6 is 0 Å². The van der Waals surface area contributed by atoms with Crippen molar-refractivity contribution in [3.8, 4) is 11.8 Å². The van der Waals surface area contributed by atoms with Crippen LogP contribution < -0.4 is 9.64 Å². The molecule has 6 heteroatoms. The average Bonchev–Trinajstić information content (AvgIpc) is 2.62. The first kappa shape index (κ1) is 17.5. The van der Waals surface area contributed by atoms with E-state index < -0.39 is 0 Å². The number of anilines is 1. The van der Waals surface area contributed by atoms with Crippen molar-refractivity contribution in [1.82, 2.24) is 15.0 Å². The van der Waals surface area contributed by atoms with Gasteiger partial charge in [0.2, 0.25) is 0 Å². The highest BCUT2D eigenvalue weighted by molar-refractivity contribution is 6.06. The van der Waals surface area contributed by atoms with Crippen LogP contribution in [-0.4, -0.2) is 27.4 Å². The van der Waals surface area contributed by atoms with Gasteiger partial charge in [0.05, 0.1) is 11.9 Å². The van der Waals surface area contributed by atoms with Crippen molar-refractivity contribution >= 4 is 11.6 Å². The lowest BCUT2D eigenvalue weighted by Gasteiger charge is -2.20. The SMILES string of the molecule is CCN(C(=O)c1cccc(Oc2nc(C)cc(C)n2)c1)c1cccnc1. The largest absolute Gasteiger partial charge is 0.424 e. The number of amides is 1. The first-order chi connectivity index (χ1) is 12.6. The van der Waals surface area contributed by atoms with Crippen molar-refractivity contribution in [3.63, 3.8) is 0 Å². The third-order valence-corrected chi connectivity index (χ3v) is 3.77. The summed E-state index contributed by atoms with van der Waals surface area (Å²) in [5.41, 5.74) is 2.93. The number of nitrogens with zero attached hydrogens (tertiary/aromatic N) is 4. The Morgan fingerprint density at radius 1 is 1.08 bits per heavy atom. The predicted molar refractivity (Wildman–Crippen MR) is 99.6 cm³/mol. The maximum atomic E-state index is 12.9. The van der Waals surface area contributed by atoms with Crippen molar-refractivity contribution in [2.75, 3.05) is 11.4 Å². The molecule has 1 aromatic carbocycles. The first-order valence-corrected chi connectivity index (χ1v) is 8.39. The van der Waals surface area contributed by atoms with E-state index >= 15 is 0 Å². The number of benzene rings is 1. The highest BCUT2D eigenvalue weighted by Gasteiger charge is 2.17. The van der Waals surface area contributed by atoms with Gasteiger partial charge >= 0.3 is 6.01 Å². The number of pyridine rings is 1. The van der Waals surface area contributed by atoms with Gasteiger partial charge in [-0.1, -0.05) is 6.07 Å². The molecule has 26 heavy (non-hydrogen) atoms. The summed E-state index contributed by atoms with van der Waals surface area (Å²) >= 11 is 0. The summed E-state index contributed by atoms with van der Waals surface area (Å²) < 4.78 is 5.74. The summed E-state index contributed by atoms with van der Waals surface area (Å²) in [4.78, 5) is 27.2. The number of hydrogen-bond donors (Lipinski definition) is 0. The standard InChI is InChI=1S/C20H20N4O2/c1-4-24(17-8-6-10-21-13-17)19(25)16-7-5-9-18(12-16)26-20-22-14(2)11-15(3)23-20/h5-13H,4H2,1-3H3. The molecule has 2 aromatic heterocycles. The van der Waals surface area contributed by atoms with Gasteiger partial charge in [0.25, 0.3) is 5.91 Å². The summed E-state index contributed by atoms with van der Waals surface area (Å²) in [6.07, 6.45) is 3.35. The number of hydrogen-bond acceptors (Lipinski definition) is 5. The minimum absolute atomic E-state index is 0.118. The van der Waals surface area contributed by atoms with E-state index in [1.54, 1.807) is 41.6 Å². The van der Waals surface area contributed by atoms with E-state index in [-0.39, 0.29) is 11.9 Å². The highest BCUT2D eigenvalue weighted by Crippen LogP contribution is 2.22. The molecule has 0 fully saturated rings. The molecule has 3 rings (SSSR count). The van der Waals surface area contributed by atoms with Crippen LogP contribution in [-0.2, 0) is 0 Å². The summed E-state index contributed by atoms with van der Waals surface area (Å²) in [6, 6.07) is 12.8. The third-order valence-electron chi connectivity index (χ3n) is 3.77. The monoisotopic (exact) mass is 348 g/mol. The number of carbonyl (C=O) groups excluding carboxylic acids is 1. The molecule has 0 aliphatic rings. The molecular formula is C20H20N4O2. The second-order valence-electron chi connectivity index (χ2n) is 5.82. The minimum Gasteiger partial charge on any atom is -0.424 e. The molecule has 6 nitrogen and oxygen atoms in total. The van der Waals surface area contributed by atoms with Gasteiger partial charge in [0.15, 0.2) is 0 Å². The van der Waals surface area contributed by atoms with E-state index in [1.165, 1.54) is 0 Å². The molecule has 0 radical (unpaired) electrons. The average molecular weight is 348 g/mol. The van der Waals surface area contributed by atoms with Crippen LogP contribution in [0.3, 0.4) is 0 Å². The van der Waals surface area contributed by atoms with Crippen LogP contribution in [0.2, 0.25) is 0 Å². The van der Waals surface area contributed by atoms with Crippen molar-refractivity contribution in [1.29, 1.82) is 0 Å². The van der Waals surface area contributed by atoms with Crippen molar-refractivity contribution in [3.05, 3.63) is 71.8 Å². The fourth-order valence-corrected chi connectivity index (χ4v) is 2.65. The Morgan fingerprint density at radius 2 is 1.85 bits per heavy atom. The van der Waals surface area contributed by atoms with E-state index in [2.05, 4.69) is 15.0 Å². The molecule has 132 valence electrons. The summed E-state index contributed by atoms with van der Waals surface area (Å²) in [5, 5.41) is 0. The molecule has 0 unspecified atom stereocenters. The van der Waals surface area contributed by atoms with Crippen molar-refractivity contribution in [2.45, 2.75) is 20.8 Å². The van der Waals surface area contributed by atoms with E-state index in [4.69, 9.17) is 4.74 Å². The zero-order valence-electron chi connectivity index (χ0n) is 15.0. The normalized spacial score (nSPS) is 10.4. The third kappa shape index (κ3) is 4.03. The van der Waals surface area contributed by atoms with E-state index in [1.807, 2.05) is 39.0 Å². The van der Waals surface area contributed by atoms with E-state index in [9.17, 15) is 4.79 Å². The topological polar surface area (TPSA) is 68.2 Å². The molecule has 0 aliphatic carbocycles. The minimum atomic E-state index is -0.118. The summed E-state index contributed by atoms with van der Waals surface area (Å²) in [7, 11) is 0. The van der Waals surface area contributed by atoms with Crippen LogP contribution in [0.5, 0.6) is 11.8 Å². The summed E-state index contributed by atoms with van der Waals surface area (Å²) in [5.74, 6) is 0.399. The molecule has 0 saturated carbocycles. The lowest BCUT2D eigenvalue weighted by molar-refractivity contribution is 0.0988. The molecule has 0 N–H and O–H groups in total. The molecule has 0 bridgehead atoms. The molecular weight excluding hydrogens is 328 g/mol. The van der Waals surface area contributed by atoms with Gasteiger partial charge in [-0.15, -0.1) is 0 Å². The van der Waals surface area contributed by atoms with Crippen LogP contribution in [0, 0.1) is 13.8 Å². The molecule has 0 atom stereocenters. The molecule has 3 aromatic rings. The number of rotatable bonds is 5. The Labute approximate surface area is 152 Å². The lowest BCUT2D eigenvalue weighted by Crippen LogP contribution is -2.30. The quantitative estimate of drug-likeness (QED) is 0.698.